The number of ether oxygens (including phenoxy) is 2. The van der Waals surface area contributed by atoms with E-state index in [2.05, 4.69) is 10.9 Å². The number of hydrogen-bond acceptors (Lipinski definition) is 9. The molecular formula is C21H37NO7SSi. The molecule has 0 aromatic rings. The van der Waals surface area contributed by atoms with Crippen LogP contribution in [0.25, 0.3) is 0 Å². The Morgan fingerprint density at radius 2 is 1.65 bits per heavy atom. The Kier molecular flexibility index (Phi) is 14.0. The minimum atomic E-state index is -2.69. The number of carbonyl (C=O) groups excluding carboxylic acids is 2. The van der Waals surface area contributed by atoms with Gasteiger partial charge in [-0.2, -0.15) is 0 Å². The fraction of sp³-hybridized carbons (Fsp3) is 0.810. The van der Waals surface area contributed by atoms with Crippen molar-refractivity contribution in [2.24, 2.45) is 4.99 Å². The Morgan fingerprint density at radius 1 is 1.03 bits per heavy atom. The molecule has 0 saturated heterocycles. The van der Waals surface area contributed by atoms with Crippen molar-refractivity contribution in [1.29, 1.82) is 0 Å². The number of thioether (sulfide) groups is 1. The number of aliphatic imine (C=N–C) groups is 1. The van der Waals surface area contributed by atoms with Gasteiger partial charge in [0.15, 0.2) is 0 Å². The van der Waals surface area contributed by atoms with Gasteiger partial charge in [-0.1, -0.05) is 19.3 Å². The molecule has 1 unspecified atom stereocenters. The van der Waals surface area contributed by atoms with Gasteiger partial charge in [0.25, 0.3) is 0 Å². The van der Waals surface area contributed by atoms with Crippen LogP contribution in [0.2, 0.25) is 6.04 Å². The predicted molar refractivity (Wildman–Crippen MR) is 124 cm³/mol. The van der Waals surface area contributed by atoms with Crippen LogP contribution < -0.4 is 0 Å². The van der Waals surface area contributed by atoms with Crippen LogP contribution >= 0.6 is 11.8 Å². The van der Waals surface area contributed by atoms with Crippen LogP contribution in [0.1, 0.15) is 52.4 Å². The van der Waals surface area contributed by atoms with Crippen molar-refractivity contribution in [2.45, 2.75) is 69.7 Å². The van der Waals surface area contributed by atoms with Gasteiger partial charge in [-0.05, 0) is 44.7 Å². The molecule has 1 fully saturated rings. The number of rotatable bonds is 14. The molecule has 0 radical (unpaired) electrons. The van der Waals surface area contributed by atoms with Crippen LogP contribution in [-0.2, 0) is 32.3 Å². The van der Waals surface area contributed by atoms with Crippen LogP contribution in [0.15, 0.2) is 10.6 Å². The van der Waals surface area contributed by atoms with Crippen molar-refractivity contribution in [1.82, 2.24) is 0 Å². The summed E-state index contributed by atoms with van der Waals surface area (Å²) in [5, 5.41) is -0.852. The summed E-state index contributed by atoms with van der Waals surface area (Å²) < 4.78 is 26.7. The van der Waals surface area contributed by atoms with Crippen LogP contribution in [0.5, 0.6) is 0 Å². The molecule has 1 saturated carbocycles. The molecule has 0 N–H and O–H groups in total. The lowest BCUT2D eigenvalue weighted by Crippen LogP contribution is -2.42. The lowest BCUT2D eigenvalue weighted by Gasteiger charge is -2.24. The summed E-state index contributed by atoms with van der Waals surface area (Å²) in [5.41, 5.74) is 0.115. The third-order valence-electron chi connectivity index (χ3n) is 5.05. The van der Waals surface area contributed by atoms with Crippen molar-refractivity contribution in [3.8, 4) is 0 Å². The van der Waals surface area contributed by atoms with Gasteiger partial charge in [-0.15, -0.1) is 11.8 Å². The van der Waals surface area contributed by atoms with Crippen LogP contribution in [-0.4, -0.2) is 78.2 Å². The first-order chi connectivity index (χ1) is 15.0. The summed E-state index contributed by atoms with van der Waals surface area (Å²) in [4.78, 5) is 29.8. The van der Waals surface area contributed by atoms with Crippen LogP contribution in [0.4, 0.5) is 0 Å². The highest BCUT2D eigenvalue weighted by Gasteiger charge is 2.37. The van der Waals surface area contributed by atoms with E-state index in [9.17, 15) is 9.59 Å². The molecule has 1 aliphatic carbocycles. The van der Waals surface area contributed by atoms with E-state index in [0.717, 1.165) is 25.7 Å². The zero-order valence-corrected chi connectivity index (χ0v) is 21.3. The summed E-state index contributed by atoms with van der Waals surface area (Å²) >= 11 is 1.31. The van der Waals surface area contributed by atoms with Crippen molar-refractivity contribution in [3.63, 3.8) is 0 Å². The Labute approximate surface area is 191 Å². The minimum Gasteiger partial charge on any atom is -0.465 e. The summed E-state index contributed by atoms with van der Waals surface area (Å²) in [7, 11) is 2.01. The van der Waals surface area contributed by atoms with E-state index < -0.39 is 26.0 Å². The molecule has 1 rings (SSSR count). The maximum atomic E-state index is 12.7. The lowest BCUT2D eigenvalue weighted by molar-refractivity contribution is -0.145. The third kappa shape index (κ3) is 9.47. The van der Waals surface area contributed by atoms with Crippen molar-refractivity contribution in [2.75, 3.05) is 40.3 Å². The maximum Gasteiger partial charge on any atom is 0.500 e. The van der Waals surface area contributed by atoms with E-state index >= 15 is 0 Å². The predicted octanol–water partition coefficient (Wildman–Crippen LogP) is 3.41. The maximum absolute atomic E-state index is 12.7. The van der Waals surface area contributed by atoms with Crippen LogP contribution in [0, 0.1) is 0 Å². The Balaban J connectivity index is 3.01. The SMILES string of the molecule is CCOC(=O)C(=C=NC1CCCCC1)C(SCCC[Si](OC)(OC)OC)C(=O)OCC. The van der Waals surface area contributed by atoms with E-state index in [1.807, 2.05) is 0 Å². The Hall–Kier alpha value is -1.16. The number of carbonyl (C=O) groups is 2. The van der Waals surface area contributed by atoms with Gasteiger partial charge in [-0.25, -0.2) is 9.79 Å². The van der Waals surface area contributed by atoms with E-state index in [4.69, 9.17) is 22.8 Å². The molecule has 1 atom stereocenters. The van der Waals surface area contributed by atoms with Crippen molar-refractivity contribution >= 4 is 38.4 Å². The average molecular weight is 476 g/mol. The van der Waals surface area contributed by atoms with Crippen molar-refractivity contribution < 1.29 is 32.3 Å². The molecule has 0 aromatic heterocycles. The van der Waals surface area contributed by atoms with Crippen LogP contribution in [0.3, 0.4) is 0 Å². The molecule has 0 amide bonds. The van der Waals surface area contributed by atoms with Gasteiger partial charge in [0.1, 0.15) is 10.8 Å². The van der Waals surface area contributed by atoms with E-state index in [1.54, 1.807) is 35.2 Å². The standard InChI is InChI=1S/C21H37NO7SSi/c1-6-28-20(23)18(16-22-17-12-9-8-10-13-17)19(21(24)29-7-2)30-14-11-15-31(25-3,26-4)27-5/h17,19H,6-15H2,1-5H3. The normalized spacial score (nSPS) is 15.6. The largest absolute Gasteiger partial charge is 0.500 e. The highest BCUT2D eigenvalue weighted by atomic mass is 32.2. The first-order valence-electron chi connectivity index (χ1n) is 10.9. The van der Waals surface area contributed by atoms with Gasteiger partial charge in [0.05, 0.1) is 19.3 Å². The number of esters is 2. The highest BCUT2D eigenvalue weighted by Crippen LogP contribution is 2.25. The average Bonchev–Trinajstić information content (AvgIpc) is 2.79. The third-order valence-corrected chi connectivity index (χ3v) is 9.16. The first kappa shape index (κ1) is 27.9. The van der Waals surface area contributed by atoms with E-state index in [-0.39, 0.29) is 24.8 Å². The fourth-order valence-electron chi connectivity index (χ4n) is 3.32. The molecule has 0 aliphatic heterocycles. The highest BCUT2D eigenvalue weighted by molar-refractivity contribution is 8.00. The van der Waals surface area contributed by atoms with E-state index in [1.165, 1.54) is 18.2 Å². The zero-order valence-electron chi connectivity index (χ0n) is 19.4. The quantitative estimate of drug-likeness (QED) is 0.124. The molecule has 0 aromatic carbocycles. The zero-order chi connectivity index (χ0) is 23.1. The topological polar surface area (TPSA) is 92.7 Å². The molecule has 1 aliphatic rings. The molecule has 10 heteroatoms. The molecule has 31 heavy (non-hydrogen) atoms. The summed E-state index contributed by atoms with van der Waals surface area (Å²) in [6.45, 7) is 3.89. The monoisotopic (exact) mass is 475 g/mol. The smallest absolute Gasteiger partial charge is 0.465 e. The minimum absolute atomic E-state index is 0.115. The van der Waals surface area contributed by atoms with Gasteiger partial charge in [0.2, 0.25) is 0 Å². The summed E-state index contributed by atoms with van der Waals surface area (Å²) in [6, 6.07) is 0.718. The second-order valence-corrected chi connectivity index (χ2v) is 11.4. The molecular weight excluding hydrogens is 438 g/mol. The molecule has 178 valence electrons. The number of hydrogen-bond donors (Lipinski definition) is 0. The summed E-state index contributed by atoms with van der Waals surface area (Å²) in [5.74, 6) is 2.38. The van der Waals surface area contributed by atoms with Gasteiger partial charge in [-0.3, -0.25) is 4.79 Å². The Bertz CT molecular complexity index is 607. The fourth-order valence-corrected chi connectivity index (χ4v) is 6.37. The molecule has 0 bridgehead atoms. The molecule has 0 heterocycles. The van der Waals surface area contributed by atoms with Gasteiger partial charge in [0, 0.05) is 27.4 Å². The molecule has 8 nitrogen and oxygen atoms in total. The van der Waals surface area contributed by atoms with Gasteiger partial charge < -0.3 is 22.8 Å². The first-order valence-corrected chi connectivity index (χ1v) is 13.9. The summed E-state index contributed by atoms with van der Waals surface area (Å²) in [6.07, 6.45) is 6.06. The second kappa shape index (κ2) is 15.6. The lowest BCUT2D eigenvalue weighted by atomic mass is 9.96. The second-order valence-electron chi connectivity index (χ2n) is 7.07. The van der Waals surface area contributed by atoms with E-state index in [0.29, 0.717) is 18.2 Å². The molecule has 0 spiro atoms. The van der Waals surface area contributed by atoms with Gasteiger partial charge >= 0.3 is 20.7 Å². The Morgan fingerprint density at radius 3 is 2.19 bits per heavy atom. The number of nitrogens with zero attached hydrogens (tertiary/aromatic N) is 1. The van der Waals surface area contributed by atoms with Crippen molar-refractivity contribution in [3.05, 3.63) is 5.57 Å².